The molecule has 7 heteroatoms. The Kier molecular flexibility index (Phi) is 4.48. The van der Waals surface area contributed by atoms with Crippen molar-refractivity contribution in [1.82, 2.24) is 4.98 Å². The lowest BCUT2D eigenvalue weighted by Gasteiger charge is -2.17. The fraction of sp³-hybridized carbons (Fsp3) is 0.500. The Labute approximate surface area is 113 Å². The maximum Gasteiger partial charge on any atom is 0.417 e. The topological polar surface area (TPSA) is 56.9 Å². The van der Waals surface area contributed by atoms with Crippen LogP contribution >= 0.6 is 11.8 Å². The van der Waals surface area contributed by atoms with Crippen LogP contribution in [0, 0.1) is 18.3 Å². The summed E-state index contributed by atoms with van der Waals surface area (Å²) in [4.78, 5) is 3.95. The van der Waals surface area contributed by atoms with Crippen LogP contribution in [-0.4, -0.2) is 21.4 Å². The number of aliphatic hydroxyl groups is 1. The van der Waals surface area contributed by atoms with Crippen LogP contribution in [0.25, 0.3) is 0 Å². The minimum Gasteiger partial charge on any atom is -0.390 e. The first-order valence-electron chi connectivity index (χ1n) is 5.39. The third-order valence-electron chi connectivity index (χ3n) is 2.09. The Balaban J connectivity index is 3.26. The molecule has 1 aromatic rings. The number of aromatic nitrogens is 1. The van der Waals surface area contributed by atoms with E-state index < -0.39 is 22.9 Å². The molecule has 1 N–H and O–H groups in total. The van der Waals surface area contributed by atoms with E-state index >= 15 is 0 Å². The number of thioether (sulfide) groups is 1. The SMILES string of the molecule is Cc1cc(C(F)(F)F)c(C#N)c(SCC(C)(C)O)n1. The number of hydrogen-bond donors (Lipinski definition) is 1. The van der Waals surface area contributed by atoms with E-state index in [1.165, 1.54) is 20.8 Å². The zero-order valence-electron chi connectivity index (χ0n) is 10.7. The molecule has 104 valence electrons. The van der Waals surface area contributed by atoms with Gasteiger partial charge in [0, 0.05) is 11.4 Å². The van der Waals surface area contributed by atoms with Gasteiger partial charge in [0.25, 0.3) is 0 Å². The third kappa shape index (κ3) is 4.40. The Hall–Kier alpha value is -1.26. The zero-order chi connectivity index (χ0) is 14.8. The van der Waals surface area contributed by atoms with E-state index in [1.807, 2.05) is 0 Å². The van der Waals surface area contributed by atoms with E-state index in [1.54, 1.807) is 6.07 Å². The van der Waals surface area contributed by atoms with Gasteiger partial charge in [-0.15, -0.1) is 11.8 Å². The van der Waals surface area contributed by atoms with Gasteiger partial charge < -0.3 is 5.11 Å². The van der Waals surface area contributed by atoms with Crippen LogP contribution < -0.4 is 0 Å². The van der Waals surface area contributed by atoms with E-state index in [0.717, 1.165) is 17.8 Å². The zero-order valence-corrected chi connectivity index (χ0v) is 11.5. The highest BCUT2D eigenvalue weighted by atomic mass is 32.2. The summed E-state index contributed by atoms with van der Waals surface area (Å²) in [6.07, 6.45) is -4.59. The molecular formula is C12H13F3N2OS. The van der Waals surface area contributed by atoms with Crippen LogP contribution in [0.1, 0.15) is 30.7 Å². The van der Waals surface area contributed by atoms with Crippen molar-refractivity contribution < 1.29 is 18.3 Å². The molecule has 0 fully saturated rings. The number of pyridine rings is 1. The van der Waals surface area contributed by atoms with Crippen LogP contribution in [0.15, 0.2) is 11.1 Å². The molecule has 0 saturated carbocycles. The fourth-order valence-corrected chi connectivity index (χ4v) is 2.32. The minimum absolute atomic E-state index is 0.00282. The summed E-state index contributed by atoms with van der Waals surface area (Å²) in [7, 11) is 0. The predicted octanol–water partition coefficient (Wildman–Crippen LogP) is 3.14. The number of hydrogen-bond acceptors (Lipinski definition) is 4. The second kappa shape index (κ2) is 5.39. The molecule has 0 aliphatic carbocycles. The van der Waals surface area contributed by atoms with Crippen molar-refractivity contribution in [2.75, 3.05) is 5.75 Å². The molecule has 0 aliphatic rings. The Morgan fingerprint density at radius 1 is 1.42 bits per heavy atom. The van der Waals surface area contributed by atoms with Gasteiger partial charge in [0.2, 0.25) is 0 Å². The number of halogens is 3. The Bertz CT molecular complexity index is 515. The normalized spacial score (nSPS) is 12.3. The molecule has 0 bridgehead atoms. The summed E-state index contributed by atoms with van der Waals surface area (Å²) in [5.41, 5.74) is -2.35. The van der Waals surface area contributed by atoms with Gasteiger partial charge in [-0.05, 0) is 26.8 Å². The van der Waals surface area contributed by atoms with Crippen LogP contribution in [0.5, 0.6) is 0 Å². The first kappa shape index (κ1) is 15.8. The van der Waals surface area contributed by atoms with Crippen LogP contribution in [0.3, 0.4) is 0 Å². The minimum atomic E-state index is -4.59. The van der Waals surface area contributed by atoms with Crippen LogP contribution in [0.2, 0.25) is 0 Å². The Morgan fingerprint density at radius 3 is 2.42 bits per heavy atom. The maximum atomic E-state index is 12.8. The molecule has 0 atom stereocenters. The third-order valence-corrected chi connectivity index (χ3v) is 3.51. The van der Waals surface area contributed by atoms with Gasteiger partial charge in [-0.3, -0.25) is 0 Å². The highest BCUT2D eigenvalue weighted by molar-refractivity contribution is 7.99. The van der Waals surface area contributed by atoms with Gasteiger partial charge in [0.15, 0.2) is 0 Å². The quantitative estimate of drug-likeness (QED) is 0.869. The van der Waals surface area contributed by atoms with Crippen molar-refractivity contribution >= 4 is 11.8 Å². The van der Waals surface area contributed by atoms with Gasteiger partial charge in [-0.1, -0.05) is 0 Å². The molecule has 0 radical (unpaired) electrons. The monoisotopic (exact) mass is 290 g/mol. The second-order valence-electron chi connectivity index (χ2n) is 4.70. The summed E-state index contributed by atoms with van der Waals surface area (Å²) in [6.45, 7) is 4.50. The smallest absolute Gasteiger partial charge is 0.390 e. The number of aryl methyl sites for hydroxylation is 1. The van der Waals surface area contributed by atoms with Crippen molar-refractivity contribution in [3.05, 3.63) is 22.9 Å². The predicted molar refractivity (Wildman–Crippen MR) is 65.7 cm³/mol. The molecule has 1 aromatic heterocycles. The van der Waals surface area contributed by atoms with Crippen molar-refractivity contribution in [2.45, 2.75) is 37.6 Å². The average molecular weight is 290 g/mol. The van der Waals surface area contributed by atoms with E-state index in [4.69, 9.17) is 5.26 Å². The van der Waals surface area contributed by atoms with Gasteiger partial charge in [0.05, 0.1) is 16.7 Å². The largest absolute Gasteiger partial charge is 0.417 e. The molecule has 0 spiro atoms. The van der Waals surface area contributed by atoms with E-state index in [9.17, 15) is 18.3 Å². The van der Waals surface area contributed by atoms with E-state index in [0.29, 0.717) is 0 Å². The molecule has 1 heterocycles. The number of alkyl halides is 3. The fourth-order valence-electron chi connectivity index (χ4n) is 1.33. The maximum absolute atomic E-state index is 12.8. The number of nitriles is 1. The molecule has 0 aromatic carbocycles. The van der Waals surface area contributed by atoms with Gasteiger partial charge in [0.1, 0.15) is 11.1 Å². The summed E-state index contributed by atoms with van der Waals surface area (Å²) in [6, 6.07) is 2.40. The van der Waals surface area contributed by atoms with Crippen molar-refractivity contribution in [2.24, 2.45) is 0 Å². The van der Waals surface area contributed by atoms with Gasteiger partial charge in [-0.2, -0.15) is 18.4 Å². The molecule has 0 amide bonds. The van der Waals surface area contributed by atoms with Gasteiger partial charge in [-0.25, -0.2) is 4.98 Å². The van der Waals surface area contributed by atoms with Crippen LogP contribution in [0.4, 0.5) is 13.2 Å². The number of nitrogens with zero attached hydrogens (tertiary/aromatic N) is 2. The summed E-state index contributed by atoms with van der Waals surface area (Å²) < 4.78 is 38.5. The summed E-state index contributed by atoms with van der Waals surface area (Å²) in [5.74, 6) is 0.148. The molecule has 19 heavy (non-hydrogen) atoms. The summed E-state index contributed by atoms with van der Waals surface area (Å²) in [5, 5.41) is 18.5. The molecule has 1 rings (SSSR count). The van der Waals surface area contributed by atoms with Crippen molar-refractivity contribution in [1.29, 1.82) is 5.26 Å². The second-order valence-corrected chi connectivity index (χ2v) is 5.67. The average Bonchev–Trinajstić information content (AvgIpc) is 2.23. The standard InChI is InChI=1S/C12H13F3N2OS/c1-7-4-9(12(13,14)15)8(5-16)10(17-7)19-6-11(2,3)18/h4,18H,6H2,1-3H3. The van der Waals surface area contributed by atoms with Crippen LogP contribution in [-0.2, 0) is 6.18 Å². The first-order chi connectivity index (χ1) is 8.54. The molecule has 3 nitrogen and oxygen atoms in total. The molecule has 0 saturated heterocycles. The highest BCUT2D eigenvalue weighted by Gasteiger charge is 2.35. The summed E-state index contributed by atoms with van der Waals surface area (Å²) >= 11 is 0.939. The van der Waals surface area contributed by atoms with Crippen molar-refractivity contribution in [3.63, 3.8) is 0 Å². The molecular weight excluding hydrogens is 277 g/mol. The number of rotatable bonds is 3. The lowest BCUT2D eigenvalue weighted by molar-refractivity contribution is -0.138. The lowest BCUT2D eigenvalue weighted by Crippen LogP contribution is -2.22. The van der Waals surface area contributed by atoms with Crippen molar-refractivity contribution in [3.8, 4) is 6.07 Å². The van der Waals surface area contributed by atoms with Gasteiger partial charge >= 0.3 is 6.18 Å². The molecule has 0 unspecified atom stereocenters. The lowest BCUT2D eigenvalue weighted by atomic mass is 10.1. The Morgan fingerprint density at radius 2 is 2.00 bits per heavy atom. The van der Waals surface area contributed by atoms with E-state index in [-0.39, 0.29) is 16.5 Å². The first-order valence-corrected chi connectivity index (χ1v) is 6.37. The highest BCUT2D eigenvalue weighted by Crippen LogP contribution is 2.36. The van der Waals surface area contributed by atoms with E-state index in [2.05, 4.69) is 4.98 Å². The molecule has 0 aliphatic heterocycles.